The first-order valence-corrected chi connectivity index (χ1v) is 7.75. The molecule has 0 N–H and O–H groups in total. The molecule has 1 atom stereocenters. The van der Waals surface area contributed by atoms with E-state index >= 15 is 0 Å². The SMILES string of the molecule is CC(C)C(C)c1cc2ccccc2cc1-c1ccccc1. The molecule has 0 nitrogen and oxygen atoms in total. The van der Waals surface area contributed by atoms with Gasteiger partial charge in [-0.2, -0.15) is 0 Å². The lowest BCUT2D eigenvalue weighted by molar-refractivity contribution is 0.536. The molecule has 1 unspecified atom stereocenters. The zero-order valence-corrected chi connectivity index (χ0v) is 13.0. The van der Waals surface area contributed by atoms with Crippen molar-refractivity contribution in [1.82, 2.24) is 0 Å². The number of rotatable bonds is 3. The van der Waals surface area contributed by atoms with Crippen molar-refractivity contribution in [1.29, 1.82) is 0 Å². The van der Waals surface area contributed by atoms with Crippen LogP contribution in [0, 0.1) is 5.92 Å². The number of benzene rings is 3. The molecular weight excluding hydrogens is 252 g/mol. The molecule has 0 spiro atoms. The molecule has 0 amide bonds. The van der Waals surface area contributed by atoms with Crippen LogP contribution in [-0.2, 0) is 0 Å². The fraction of sp³-hybridized carbons (Fsp3) is 0.238. The molecule has 0 saturated heterocycles. The van der Waals surface area contributed by atoms with Crippen molar-refractivity contribution >= 4 is 10.8 Å². The summed E-state index contributed by atoms with van der Waals surface area (Å²) in [5.41, 5.74) is 4.14. The van der Waals surface area contributed by atoms with Crippen molar-refractivity contribution in [3.63, 3.8) is 0 Å². The van der Waals surface area contributed by atoms with Crippen molar-refractivity contribution in [2.24, 2.45) is 5.92 Å². The first-order valence-electron chi connectivity index (χ1n) is 7.75. The maximum Gasteiger partial charge on any atom is -0.0143 e. The van der Waals surface area contributed by atoms with E-state index in [1.165, 1.54) is 27.5 Å². The summed E-state index contributed by atoms with van der Waals surface area (Å²) in [6, 6.07) is 24.1. The Hall–Kier alpha value is -2.08. The highest BCUT2D eigenvalue weighted by molar-refractivity contribution is 5.89. The van der Waals surface area contributed by atoms with E-state index in [2.05, 4.69) is 87.5 Å². The minimum atomic E-state index is 0.546. The Morgan fingerprint density at radius 3 is 1.86 bits per heavy atom. The second-order valence-corrected chi connectivity index (χ2v) is 6.19. The molecule has 21 heavy (non-hydrogen) atoms. The van der Waals surface area contributed by atoms with Crippen molar-refractivity contribution in [2.45, 2.75) is 26.7 Å². The fourth-order valence-corrected chi connectivity index (χ4v) is 2.86. The Labute approximate surface area is 127 Å². The molecule has 3 aromatic carbocycles. The van der Waals surface area contributed by atoms with Gasteiger partial charge in [0.15, 0.2) is 0 Å². The van der Waals surface area contributed by atoms with Crippen molar-refractivity contribution < 1.29 is 0 Å². The fourth-order valence-electron chi connectivity index (χ4n) is 2.86. The predicted octanol–water partition coefficient (Wildman–Crippen LogP) is 6.27. The Bertz CT molecular complexity index is 738. The summed E-state index contributed by atoms with van der Waals surface area (Å²) >= 11 is 0. The van der Waals surface area contributed by atoms with Gasteiger partial charge in [-0.05, 0) is 45.4 Å². The summed E-state index contributed by atoms with van der Waals surface area (Å²) in [5, 5.41) is 2.65. The van der Waals surface area contributed by atoms with E-state index in [0.29, 0.717) is 11.8 Å². The summed E-state index contributed by atoms with van der Waals surface area (Å²) in [6.45, 7) is 6.93. The van der Waals surface area contributed by atoms with E-state index in [1.807, 2.05) is 0 Å². The third-order valence-electron chi connectivity index (χ3n) is 4.49. The molecule has 0 aromatic heterocycles. The van der Waals surface area contributed by atoms with Gasteiger partial charge in [0, 0.05) is 0 Å². The molecule has 0 heterocycles. The highest BCUT2D eigenvalue weighted by Gasteiger charge is 2.16. The van der Waals surface area contributed by atoms with Gasteiger partial charge >= 0.3 is 0 Å². The molecule has 0 saturated carbocycles. The van der Waals surface area contributed by atoms with E-state index in [-0.39, 0.29) is 0 Å². The first kappa shape index (κ1) is 13.9. The van der Waals surface area contributed by atoms with Gasteiger partial charge in [0.2, 0.25) is 0 Å². The summed E-state index contributed by atoms with van der Waals surface area (Å²) in [6.07, 6.45) is 0. The van der Waals surface area contributed by atoms with Crippen LogP contribution >= 0.6 is 0 Å². The third-order valence-corrected chi connectivity index (χ3v) is 4.49. The van der Waals surface area contributed by atoms with Gasteiger partial charge in [-0.15, -0.1) is 0 Å². The lowest BCUT2D eigenvalue weighted by Crippen LogP contribution is -2.04. The summed E-state index contributed by atoms with van der Waals surface area (Å²) in [4.78, 5) is 0. The zero-order chi connectivity index (χ0) is 14.8. The van der Waals surface area contributed by atoms with Crippen LogP contribution < -0.4 is 0 Å². The maximum atomic E-state index is 2.38. The number of hydrogen-bond donors (Lipinski definition) is 0. The van der Waals surface area contributed by atoms with Gasteiger partial charge in [-0.25, -0.2) is 0 Å². The summed E-state index contributed by atoms with van der Waals surface area (Å²) in [5.74, 6) is 1.18. The predicted molar refractivity (Wildman–Crippen MR) is 92.6 cm³/mol. The van der Waals surface area contributed by atoms with Crippen LogP contribution in [0.25, 0.3) is 21.9 Å². The van der Waals surface area contributed by atoms with Gasteiger partial charge in [0.05, 0.1) is 0 Å². The third kappa shape index (κ3) is 2.71. The molecule has 3 rings (SSSR count). The van der Waals surface area contributed by atoms with E-state index in [9.17, 15) is 0 Å². The molecule has 0 aliphatic carbocycles. The minimum absolute atomic E-state index is 0.546. The highest BCUT2D eigenvalue weighted by Crippen LogP contribution is 2.36. The van der Waals surface area contributed by atoms with Crippen LogP contribution in [0.15, 0.2) is 66.7 Å². The van der Waals surface area contributed by atoms with Crippen molar-refractivity contribution in [2.75, 3.05) is 0 Å². The van der Waals surface area contributed by atoms with E-state index in [1.54, 1.807) is 0 Å². The van der Waals surface area contributed by atoms with Crippen molar-refractivity contribution in [3.05, 3.63) is 72.3 Å². The molecule has 0 radical (unpaired) electrons. The molecule has 106 valence electrons. The number of fused-ring (bicyclic) bond motifs is 1. The summed E-state index contributed by atoms with van der Waals surface area (Å²) in [7, 11) is 0. The van der Waals surface area contributed by atoms with Crippen LogP contribution in [0.2, 0.25) is 0 Å². The van der Waals surface area contributed by atoms with E-state index in [0.717, 1.165) is 0 Å². The van der Waals surface area contributed by atoms with Gasteiger partial charge in [-0.1, -0.05) is 81.4 Å². The topological polar surface area (TPSA) is 0 Å². The van der Waals surface area contributed by atoms with E-state index in [4.69, 9.17) is 0 Å². The average Bonchev–Trinajstić information content (AvgIpc) is 2.53. The van der Waals surface area contributed by atoms with Gasteiger partial charge in [0.1, 0.15) is 0 Å². The van der Waals surface area contributed by atoms with Crippen LogP contribution in [-0.4, -0.2) is 0 Å². The minimum Gasteiger partial charge on any atom is -0.0622 e. The second-order valence-electron chi connectivity index (χ2n) is 6.19. The van der Waals surface area contributed by atoms with Gasteiger partial charge in [0.25, 0.3) is 0 Å². The molecule has 0 aliphatic rings. The smallest absolute Gasteiger partial charge is 0.0143 e. The quantitative estimate of drug-likeness (QED) is 0.528. The Balaban J connectivity index is 2.27. The second kappa shape index (κ2) is 5.73. The first-order chi connectivity index (χ1) is 10.2. The summed E-state index contributed by atoms with van der Waals surface area (Å²) < 4.78 is 0. The monoisotopic (exact) mass is 274 g/mol. The van der Waals surface area contributed by atoms with Crippen LogP contribution in [0.3, 0.4) is 0 Å². The van der Waals surface area contributed by atoms with Crippen LogP contribution in [0.1, 0.15) is 32.3 Å². The van der Waals surface area contributed by atoms with Crippen LogP contribution in [0.4, 0.5) is 0 Å². The lowest BCUT2D eigenvalue weighted by Gasteiger charge is -2.21. The molecule has 0 bridgehead atoms. The average molecular weight is 274 g/mol. The van der Waals surface area contributed by atoms with Crippen LogP contribution in [0.5, 0.6) is 0 Å². The largest absolute Gasteiger partial charge is 0.0622 e. The Morgan fingerprint density at radius 1 is 0.667 bits per heavy atom. The van der Waals surface area contributed by atoms with E-state index < -0.39 is 0 Å². The van der Waals surface area contributed by atoms with Gasteiger partial charge < -0.3 is 0 Å². The normalized spacial score (nSPS) is 12.8. The van der Waals surface area contributed by atoms with Crippen molar-refractivity contribution in [3.8, 4) is 11.1 Å². The molecule has 0 fully saturated rings. The number of hydrogen-bond acceptors (Lipinski definition) is 0. The molecule has 0 aliphatic heterocycles. The Kier molecular flexibility index (Phi) is 3.79. The lowest BCUT2D eigenvalue weighted by atomic mass is 9.83. The standard InChI is InChI=1S/C21H22/c1-15(2)16(3)20-13-18-11-7-8-12-19(18)14-21(20)17-9-5-4-6-10-17/h4-16H,1-3H3. The van der Waals surface area contributed by atoms with Gasteiger partial charge in [-0.3, -0.25) is 0 Å². The zero-order valence-electron chi connectivity index (χ0n) is 13.0. The molecule has 3 aromatic rings. The molecule has 0 heteroatoms. The maximum absolute atomic E-state index is 2.38. The highest BCUT2D eigenvalue weighted by atomic mass is 14.2. The molecular formula is C21H22. The Morgan fingerprint density at radius 2 is 1.24 bits per heavy atom.